The summed E-state index contributed by atoms with van der Waals surface area (Å²) in [7, 11) is 0. The molecule has 12 heteroatoms. The van der Waals surface area contributed by atoms with Crippen LogP contribution in [-0.2, 0) is 35.0 Å². The van der Waals surface area contributed by atoms with Crippen LogP contribution in [0.1, 0.15) is 77.7 Å². The van der Waals surface area contributed by atoms with Gasteiger partial charge in [-0.05, 0) is 84.2 Å². The summed E-state index contributed by atoms with van der Waals surface area (Å²) in [4.78, 5) is 56.6. The van der Waals surface area contributed by atoms with Crippen LogP contribution in [0.5, 0.6) is 0 Å². The number of nitrogens with zero attached hydrogens (tertiary/aromatic N) is 1. The summed E-state index contributed by atoms with van der Waals surface area (Å²) in [6, 6.07) is 7.98. The highest BCUT2D eigenvalue weighted by Gasteiger charge is 2.59. The number of hydrogen-bond acceptors (Lipinski definition) is 9. The maximum absolute atomic E-state index is 14.7. The highest BCUT2D eigenvalue weighted by atomic mass is 79.9. The largest absolute Gasteiger partial charge is 0.464 e. The smallest absolute Gasteiger partial charge is 0.411 e. The summed E-state index contributed by atoms with van der Waals surface area (Å²) in [6.45, 7) is 6.10. The molecule has 1 aliphatic heterocycles. The van der Waals surface area contributed by atoms with E-state index in [9.17, 15) is 19.2 Å². The predicted molar refractivity (Wildman–Crippen MR) is 177 cm³/mol. The van der Waals surface area contributed by atoms with Gasteiger partial charge < -0.3 is 19.9 Å². The zero-order chi connectivity index (χ0) is 32.6. The first-order chi connectivity index (χ1) is 21.0. The third-order valence-electron chi connectivity index (χ3n) is 7.29. The minimum atomic E-state index is -1.89. The molecule has 1 fully saturated rings. The molecular weight excluding hydrogens is 698 g/mol. The van der Waals surface area contributed by atoms with Gasteiger partial charge >= 0.3 is 18.0 Å². The summed E-state index contributed by atoms with van der Waals surface area (Å²) in [5.74, 6) is -1.76. The fourth-order valence-electron chi connectivity index (χ4n) is 5.16. The van der Waals surface area contributed by atoms with Crippen LogP contribution in [0, 0.1) is 0 Å². The maximum atomic E-state index is 14.7. The molecule has 1 saturated heterocycles. The van der Waals surface area contributed by atoms with Crippen molar-refractivity contribution in [2.45, 2.75) is 102 Å². The van der Waals surface area contributed by atoms with E-state index in [0.29, 0.717) is 68.6 Å². The molecule has 2 rings (SSSR count). The molecular formula is C32H49Br2N3O7. The number of ether oxygens (including phenoxy) is 3. The third kappa shape index (κ3) is 11.7. The number of hydrogen-bond donors (Lipinski definition) is 2. The molecule has 0 aliphatic carbocycles. The van der Waals surface area contributed by atoms with Gasteiger partial charge in [-0.15, -0.1) is 0 Å². The molecule has 248 valence electrons. The SMILES string of the molecule is CC(C)(C)OC(=O)N1CCC[C@]1(C(=O)OCCCBr)C(=O)[C@H](CCCCN)N[C@@H](CCc1ccccc1)C(=O)OCCCBr. The zero-order valence-electron chi connectivity index (χ0n) is 26.3. The second-order valence-corrected chi connectivity index (χ2v) is 13.5. The summed E-state index contributed by atoms with van der Waals surface area (Å²) < 4.78 is 16.8. The van der Waals surface area contributed by atoms with E-state index in [1.165, 1.54) is 4.90 Å². The molecule has 3 atom stereocenters. The number of halogens is 2. The number of likely N-dealkylation sites (tertiary alicyclic amines) is 1. The van der Waals surface area contributed by atoms with Gasteiger partial charge in [0.1, 0.15) is 11.6 Å². The van der Waals surface area contributed by atoms with E-state index in [-0.39, 0.29) is 26.2 Å². The number of rotatable bonds is 19. The average Bonchev–Trinajstić information content (AvgIpc) is 3.44. The van der Waals surface area contributed by atoms with Crippen LogP contribution < -0.4 is 11.1 Å². The van der Waals surface area contributed by atoms with Gasteiger partial charge in [-0.3, -0.25) is 19.8 Å². The van der Waals surface area contributed by atoms with Crippen molar-refractivity contribution < 1.29 is 33.4 Å². The molecule has 1 heterocycles. The molecule has 0 unspecified atom stereocenters. The number of unbranched alkanes of at least 4 members (excludes halogenated alkanes) is 1. The molecule has 1 amide bonds. The first-order valence-electron chi connectivity index (χ1n) is 15.5. The number of esters is 2. The van der Waals surface area contributed by atoms with Crippen LogP contribution in [0.25, 0.3) is 0 Å². The van der Waals surface area contributed by atoms with Crippen molar-refractivity contribution in [2.24, 2.45) is 5.73 Å². The molecule has 3 N–H and O–H groups in total. The Morgan fingerprint density at radius 1 is 0.955 bits per heavy atom. The molecule has 1 aromatic rings. The Labute approximate surface area is 278 Å². The number of carbonyl (C=O) groups excluding carboxylic acids is 4. The maximum Gasteiger partial charge on any atom is 0.411 e. The molecule has 10 nitrogen and oxygen atoms in total. The van der Waals surface area contributed by atoms with E-state index in [4.69, 9.17) is 19.9 Å². The zero-order valence-corrected chi connectivity index (χ0v) is 29.5. The summed E-state index contributed by atoms with van der Waals surface area (Å²) in [6.07, 6.45) is 3.42. The highest BCUT2D eigenvalue weighted by Crippen LogP contribution is 2.35. The Kier molecular flexibility index (Phi) is 16.9. The van der Waals surface area contributed by atoms with Gasteiger partial charge in [0.2, 0.25) is 5.54 Å². The lowest BCUT2D eigenvalue weighted by Gasteiger charge is -2.38. The number of carbonyl (C=O) groups is 4. The lowest BCUT2D eigenvalue weighted by Crippen LogP contribution is -2.65. The number of ketones is 1. The van der Waals surface area contributed by atoms with Crippen molar-refractivity contribution in [2.75, 3.05) is 37.0 Å². The Morgan fingerprint density at radius 3 is 2.23 bits per heavy atom. The highest BCUT2D eigenvalue weighted by molar-refractivity contribution is 9.09. The Morgan fingerprint density at radius 2 is 1.61 bits per heavy atom. The predicted octanol–water partition coefficient (Wildman–Crippen LogP) is 5.07. The molecule has 0 aromatic heterocycles. The number of benzene rings is 1. The number of Topliss-reactive ketones (excluding diaryl/α,β-unsaturated/α-hetero) is 1. The normalized spacial score (nSPS) is 18.0. The van der Waals surface area contributed by atoms with Crippen molar-refractivity contribution in [1.82, 2.24) is 10.2 Å². The van der Waals surface area contributed by atoms with Crippen molar-refractivity contribution in [3.05, 3.63) is 35.9 Å². The minimum absolute atomic E-state index is 0.0894. The van der Waals surface area contributed by atoms with Crippen LogP contribution >= 0.6 is 31.9 Å². The topological polar surface area (TPSA) is 137 Å². The van der Waals surface area contributed by atoms with Crippen LogP contribution in [-0.4, -0.2) is 88.9 Å². The third-order valence-corrected chi connectivity index (χ3v) is 8.41. The van der Waals surface area contributed by atoms with Crippen LogP contribution in [0.3, 0.4) is 0 Å². The summed E-state index contributed by atoms with van der Waals surface area (Å²) in [5.41, 5.74) is 4.09. The molecule has 1 aromatic carbocycles. The van der Waals surface area contributed by atoms with Gasteiger partial charge in [-0.1, -0.05) is 68.6 Å². The van der Waals surface area contributed by atoms with Crippen molar-refractivity contribution in [3.63, 3.8) is 0 Å². The van der Waals surface area contributed by atoms with E-state index >= 15 is 0 Å². The molecule has 0 radical (unpaired) electrons. The van der Waals surface area contributed by atoms with Gasteiger partial charge in [-0.25, -0.2) is 9.59 Å². The fraction of sp³-hybridized carbons (Fsp3) is 0.688. The first-order valence-corrected chi connectivity index (χ1v) is 17.7. The average molecular weight is 748 g/mol. The molecule has 0 spiro atoms. The monoisotopic (exact) mass is 745 g/mol. The van der Waals surface area contributed by atoms with Gasteiger partial charge in [0, 0.05) is 17.2 Å². The Hall–Kier alpha value is -2.02. The van der Waals surface area contributed by atoms with Gasteiger partial charge in [-0.2, -0.15) is 0 Å². The van der Waals surface area contributed by atoms with E-state index in [0.717, 1.165) is 5.56 Å². The van der Waals surface area contributed by atoms with E-state index in [1.807, 2.05) is 30.3 Å². The molecule has 0 saturated carbocycles. The van der Waals surface area contributed by atoms with Gasteiger partial charge in [0.25, 0.3) is 0 Å². The van der Waals surface area contributed by atoms with Gasteiger partial charge in [0.05, 0.1) is 19.3 Å². The number of nitrogens with two attached hydrogens (primary N) is 1. The number of aryl methyl sites for hydroxylation is 1. The Balaban J connectivity index is 2.48. The van der Waals surface area contributed by atoms with E-state index in [1.54, 1.807) is 20.8 Å². The standard InChI is InChI=1S/C32H49Br2N3O7/c1-31(2,3)44-30(41)37-21-9-17-32(37,29(40)43-23-11-19-34)27(38)25(14-7-8-20-35)36-26(28(39)42-22-10-18-33)16-15-24-12-5-4-6-13-24/h4-6,12-13,25-26,36H,7-11,14-23,35H2,1-3H3/t25-,26-,32+/m0/s1. The minimum Gasteiger partial charge on any atom is -0.464 e. The summed E-state index contributed by atoms with van der Waals surface area (Å²) in [5, 5.41) is 4.57. The first kappa shape index (κ1) is 38.2. The lowest BCUT2D eigenvalue weighted by molar-refractivity contribution is -0.162. The number of nitrogens with one attached hydrogen (secondary N) is 1. The molecule has 1 aliphatic rings. The van der Waals surface area contributed by atoms with Gasteiger partial charge in [0.15, 0.2) is 5.78 Å². The van der Waals surface area contributed by atoms with E-state index in [2.05, 4.69) is 37.2 Å². The quantitative estimate of drug-likeness (QED) is 0.0654. The fourth-order valence-corrected chi connectivity index (χ4v) is 5.62. The number of amides is 1. The molecule has 0 bridgehead atoms. The second kappa shape index (κ2) is 19.5. The Bertz CT molecular complexity index is 1050. The summed E-state index contributed by atoms with van der Waals surface area (Å²) >= 11 is 6.69. The van der Waals surface area contributed by atoms with Crippen molar-refractivity contribution in [1.29, 1.82) is 0 Å². The van der Waals surface area contributed by atoms with Crippen molar-refractivity contribution in [3.8, 4) is 0 Å². The van der Waals surface area contributed by atoms with E-state index < -0.39 is 47.0 Å². The second-order valence-electron chi connectivity index (χ2n) is 11.9. The van der Waals surface area contributed by atoms with Crippen LogP contribution in [0.15, 0.2) is 30.3 Å². The molecule has 44 heavy (non-hydrogen) atoms. The number of alkyl halides is 2. The van der Waals surface area contributed by atoms with Crippen molar-refractivity contribution >= 4 is 55.7 Å². The lowest BCUT2D eigenvalue weighted by atomic mass is 9.84. The van der Waals surface area contributed by atoms with Crippen LogP contribution in [0.4, 0.5) is 4.79 Å². The van der Waals surface area contributed by atoms with Crippen LogP contribution in [0.2, 0.25) is 0 Å².